The van der Waals surface area contributed by atoms with Gasteiger partial charge in [0.15, 0.2) is 0 Å². The number of halogens is 3. The van der Waals surface area contributed by atoms with Gasteiger partial charge in [-0.3, -0.25) is 10.2 Å². The van der Waals surface area contributed by atoms with Crippen LogP contribution in [0.15, 0.2) is 24.3 Å². The molecule has 0 bridgehead atoms. The first-order chi connectivity index (χ1) is 11.4. The highest BCUT2D eigenvalue weighted by Gasteiger charge is 2.54. The van der Waals surface area contributed by atoms with Crippen LogP contribution in [0.2, 0.25) is 0 Å². The molecule has 2 atom stereocenters. The van der Waals surface area contributed by atoms with E-state index in [2.05, 4.69) is 16.2 Å². The topological polar surface area (TPSA) is 70.2 Å². The van der Waals surface area contributed by atoms with E-state index in [1.807, 2.05) is 0 Å². The molecule has 2 saturated carbocycles. The maximum Gasteiger partial charge on any atom is 0.416 e. The van der Waals surface area contributed by atoms with Crippen molar-refractivity contribution in [1.82, 2.24) is 10.9 Å². The summed E-state index contributed by atoms with van der Waals surface area (Å²) in [6.07, 6.45) is -0.133. The lowest BCUT2D eigenvalue weighted by Gasteiger charge is -2.11. The van der Waals surface area contributed by atoms with E-state index in [4.69, 9.17) is 0 Å². The molecule has 3 N–H and O–H groups in total. The van der Waals surface area contributed by atoms with Crippen molar-refractivity contribution in [3.8, 4) is 0 Å². The second-order valence-corrected chi connectivity index (χ2v) is 6.28. The molecule has 24 heavy (non-hydrogen) atoms. The SMILES string of the molecule is O=C(NNC(=O)C1C2CCCCC21)Nc1cccc(C(F)(F)F)c1. The van der Waals surface area contributed by atoms with Gasteiger partial charge in [-0.25, -0.2) is 10.2 Å². The molecule has 2 unspecified atom stereocenters. The highest BCUT2D eigenvalue weighted by Crippen LogP contribution is 2.55. The molecule has 0 saturated heterocycles. The maximum absolute atomic E-state index is 12.6. The molecule has 2 aliphatic carbocycles. The summed E-state index contributed by atoms with van der Waals surface area (Å²) in [5, 5.41) is 2.27. The summed E-state index contributed by atoms with van der Waals surface area (Å²) in [5.74, 6) is 0.534. The number of amides is 3. The van der Waals surface area contributed by atoms with Gasteiger partial charge >= 0.3 is 12.2 Å². The number of nitrogens with one attached hydrogen (secondary N) is 3. The normalized spacial score (nSPS) is 25.4. The Morgan fingerprint density at radius 3 is 2.33 bits per heavy atom. The summed E-state index contributed by atoms with van der Waals surface area (Å²) in [5.41, 5.74) is 3.67. The number of urea groups is 1. The van der Waals surface area contributed by atoms with E-state index < -0.39 is 17.8 Å². The van der Waals surface area contributed by atoms with Gasteiger partial charge in [0.2, 0.25) is 5.91 Å². The fraction of sp³-hybridized carbons (Fsp3) is 0.500. The Labute approximate surface area is 137 Å². The van der Waals surface area contributed by atoms with Crippen LogP contribution in [-0.4, -0.2) is 11.9 Å². The van der Waals surface area contributed by atoms with Gasteiger partial charge in [0.05, 0.1) is 5.56 Å². The molecular formula is C16H18F3N3O2. The van der Waals surface area contributed by atoms with Crippen LogP contribution in [0.25, 0.3) is 0 Å². The molecule has 2 fully saturated rings. The average molecular weight is 341 g/mol. The molecular weight excluding hydrogens is 323 g/mol. The van der Waals surface area contributed by atoms with Gasteiger partial charge in [0, 0.05) is 11.6 Å². The Morgan fingerprint density at radius 1 is 1.04 bits per heavy atom. The molecule has 8 heteroatoms. The Kier molecular flexibility index (Phi) is 4.38. The third-order valence-electron chi connectivity index (χ3n) is 4.71. The zero-order valence-electron chi connectivity index (χ0n) is 12.8. The number of hydrogen-bond donors (Lipinski definition) is 3. The highest BCUT2D eigenvalue weighted by molar-refractivity contribution is 5.91. The Morgan fingerprint density at radius 2 is 1.71 bits per heavy atom. The molecule has 0 radical (unpaired) electrons. The lowest BCUT2D eigenvalue weighted by Crippen LogP contribution is -2.45. The predicted molar refractivity (Wildman–Crippen MR) is 80.7 cm³/mol. The highest BCUT2D eigenvalue weighted by atomic mass is 19.4. The number of anilines is 1. The van der Waals surface area contributed by atoms with Crippen LogP contribution in [0, 0.1) is 17.8 Å². The van der Waals surface area contributed by atoms with Crippen LogP contribution >= 0.6 is 0 Å². The summed E-state index contributed by atoms with van der Waals surface area (Å²) >= 11 is 0. The minimum absolute atomic E-state index is 0.00309. The van der Waals surface area contributed by atoms with Gasteiger partial charge < -0.3 is 5.32 Å². The second-order valence-electron chi connectivity index (χ2n) is 6.28. The number of benzene rings is 1. The molecule has 0 aromatic heterocycles. The van der Waals surface area contributed by atoms with Crippen LogP contribution in [-0.2, 0) is 11.0 Å². The van der Waals surface area contributed by atoms with Crippen molar-refractivity contribution in [2.75, 3.05) is 5.32 Å². The fourth-order valence-corrected chi connectivity index (χ4v) is 3.52. The molecule has 3 amide bonds. The third kappa shape index (κ3) is 3.63. The Balaban J connectivity index is 1.49. The second kappa shape index (κ2) is 6.33. The van der Waals surface area contributed by atoms with E-state index in [1.165, 1.54) is 12.1 Å². The third-order valence-corrected chi connectivity index (χ3v) is 4.71. The van der Waals surface area contributed by atoms with Crippen LogP contribution in [0.5, 0.6) is 0 Å². The minimum atomic E-state index is -4.48. The number of rotatable bonds is 2. The van der Waals surface area contributed by atoms with Crippen molar-refractivity contribution >= 4 is 17.6 Å². The van der Waals surface area contributed by atoms with Gasteiger partial charge in [0.25, 0.3) is 0 Å². The zero-order chi connectivity index (χ0) is 17.3. The average Bonchev–Trinajstić information content (AvgIpc) is 3.26. The lowest BCUT2D eigenvalue weighted by atomic mass is 10.0. The number of hydrogen-bond acceptors (Lipinski definition) is 2. The smallest absolute Gasteiger partial charge is 0.307 e. The Hall–Kier alpha value is -2.25. The standard InChI is InChI=1S/C16H18F3N3O2/c17-16(18,19)9-4-3-5-10(8-9)20-15(24)22-21-14(23)13-11-6-1-2-7-12(11)13/h3-5,8,11-13H,1-2,6-7H2,(H,21,23)(H2,20,22,24). The molecule has 1 aromatic rings. The maximum atomic E-state index is 12.6. The number of hydrazine groups is 1. The first-order valence-electron chi connectivity index (χ1n) is 7.90. The van der Waals surface area contributed by atoms with Gasteiger partial charge in [-0.1, -0.05) is 18.9 Å². The van der Waals surface area contributed by atoms with E-state index in [9.17, 15) is 22.8 Å². The number of alkyl halides is 3. The molecule has 1 aromatic carbocycles. The van der Waals surface area contributed by atoms with Crippen molar-refractivity contribution in [1.29, 1.82) is 0 Å². The molecule has 0 spiro atoms. The molecule has 3 rings (SSSR count). The fourth-order valence-electron chi connectivity index (χ4n) is 3.52. The monoisotopic (exact) mass is 341 g/mol. The van der Waals surface area contributed by atoms with E-state index in [-0.39, 0.29) is 17.5 Å². The van der Waals surface area contributed by atoms with Crippen molar-refractivity contribution in [2.45, 2.75) is 31.9 Å². The van der Waals surface area contributed by atoms with Gasteiger partial charge in [-0.2, -0.15) is 13.2 Å². The zero-order valence-corrected chi connectivity index (χ0v) is 12.8. The summed E-state index contributed by atoms with van der Waals surface area (Å²) in [6, 6.07) is 3.50. The summed E-state index contributed by atoms with van der Waals surface area (Å²) in [7, 11) is 0. The van der Waals surface area contributed by atoms with Crippen molar-refractivity contribution < 1.29 is 22.8 Å². The first kappa shape index (κ1) is 16.6. The van der Waals surface area contributed by atoms with E-state index in [1.54, 1.807) is 0 Å². The van der Waals surface area contributed by atoms with E-state index in [0.717, 1.165) is 37.8 Å². The van der Waals surface area contributed by atoms with E-state index >= 15 is 0 Å². The van der Waals surface area contributed by atoms with Crippen LogP contribution in [0.1, 0.15) is 31.2 Å². The van der Waals surface area contributed by atoms with Crippen LogP contribution < -0.4 is 16.2 Å². The Bertz CT molecular complexity index is 636. The van der Waals surface area contributed by atoms with Crippen LogP contribution in [0.3, 0.4) is 0 Å². The largest absolute Gasteiger partial charge is 0.416 e. The lowest BCUT2D eigenvalue weighted by molar-refractivity contribution is -0.137. The minimum Gasteiger partial charge on any atom is -0.307 e. The summed E-state index contributed by atoms with van der Waals surface area (Å²) in [6.45, 7) is 0. The number of fused-ring (bicyclic) bond motifs is 1. The van der Waals surface area contributed by atoms with Gasteiger partial charge in [-0.05, 0) is 42.9 Å². The van der Waals surface area contributed by atoms with Crippen LogP contribution in [0.4, 0.5) is 23.7 Å². The molecule has 5 nitrogen and oxygen atoms in total. The van der Waals surface area contributed by atoms with Crippen molar-refractivity contribution in [3.63, 3.8) is 0 Å². The number of carbonyl (C=O) groups is 2. The summed E-state index contributed by atoms with van der Waals surface area (Å²) in [4.78, 5) is 23.7. The molecule has 0 aliphatic heterocycles. The predicted octanol–water partition coefficient (Wildman–Crippen LogP) is 3.29. The molecule has 2 aliphatic rings. The van der Waals surface area contributed by atoms with Crippen molar-refractivity contribution in [3.05, 3.63) is 29.8 Å². The summed E-state index contributed by atoms with van der Waals surface area (Å²) < 4.78 is 37.8. The molecule has 130 valence electrons. The van der Waals surface area contributed by atoms with Crippen molar-refractivity contribution in [2.24, 2.45) is 17.8 Å². The quantitative estimate of drug-likeness (QED) is 0.723. The molecule has 0 heterocycles. The van der Waals surface area contributed by atoms with Gasteiger partial charge in [-0.15, -0.1) is 0 Å². The first-order valence-corrected chi connectivity index (χ1v) is 7.90. The van der Waals surface area contributed by atoms with E-state index in [0.29, 0.717) is 11.8 Å². The number of carbonyl (C=O) groups excluding carboxylic acids is 2. The van der Waals surface area contributed by atoms with Gasteiger partial charge in [0.1, 0.15) is 0 Å².